The molecule has 0 heterocycles. The van der Waals surface area contributed by atoms with Crippen molar-refractivity contribution < 1.29 is 18.0 Å². The molecule has 122 valence electrons. The van der Waals surface area contributed by atoms with E-state index in [0.29, 0.717) is 5.56 Å². The first kappa shape index (κ1) is 17.1. The van der Waals surface area contributed by atoms with E-state index in [2.05, 4.69) is 5.32 Å². The fourth-order valence-corrected chi connectivity index (χ4v) is 2.16. The second-order valence-electron chi connectivity index (χ2n) is 6.32. The van der Waals surface area contributed by atoms with Crippen LogP contribution in [0.5, 0.6) is 0 Å². The fourth-order valence-electron chi connectivity index (χ4n) is 2.16. The standard InChI is InChI=1S/C18H18F3NO/c1-17(2,3)13-10-8-12(9-11-13)16(23)22-15-7-5-4-6-14(15)18(19,20)21/h4-11H,1-3H3,(H,22,23). The number of anilines is 1. The van der Waals surface area contributed by atoms with E-state index in [0.717, 1.165) is 11.6 Å². The van der Waals surface area contributed by atoms with Crippen LogP contribution in [-0.2, 0) is 11.6 Å². The van der Waals surface area contributed by atoms with Crippen LogP contribution in [0.1, 0.15) is 42.3 Å². The first-order valence-electron chi connectivity index (χ1n) is 7.17. The monoisotopic (exact) mass is 321 g/mol. The average Bonchev–Trinajstić information content (AvgIpc) is 2.46. The number of alkyl halides is 3. The molecule has 0 saturated carbocycles. The summed E-state index contributed by atoms with van der Waals surface area (Å²) in [5.74, 6) is -0.567. The third-order valence-corrected chi connectivity index (χ3v) is 3.49. The Labute approximate surface area is 133 Å². The van der Waals surface area contributed by atoms with Crippen molar-refractivity contribution in [2.75, 3.05) is 5.32 Å². The molecule has 0 fully saturated rings. The van der Waals surface area contributed by atoms with Crippen molar-refractivity contribution in [2.45, 2.75) is 32.4 Å². The van der Waals surface area contributed by atoms with Crippen molar-refractivity contribution >= 4 is 11.6 Å². The number of carbonyl (C=O) groups excluding carboxylic acids is 1. The zero-order chi connectivity index (χ0) is 17.3. The van der Waals surface area contributed by atoms with E-state index in [1.165, 1.54) is 18.2 Å². The lowest BCUT2D eigenvalue weighted by atomic mass is 9.86. The molecule has 23 heavy (non-hydrogen) atoms. The highest BCUT2D eigenvalue weighted by Crippen LogP contribution is 2.34. The maximum Gasteiger partial charge on any atom is 0.418 e. The van der Waals surface area contributed by atoms with Gasteiger partial charge in [0.25, 0.3) is 5.91 Å². The van der Waals surface area contributed by atoms with Crippen molar-refractivity contribution in [1.29, 1.82) is 0 Å². The summed E-state index contributed by atoms with van der Waals surface area (Å²) in [6.45, 7) is 6.13. The topological polar surface area (TPSA) is 29.1 Å². The predicted molar refractivity (Wildman–Crippen MR) is 84.5 cm³/mol. The highest BCUT2D eigenvalue weighted by atomic mass is 19.4. The number of para-hydroxylation sites is 1. The molecule has 5 heteroatoms. The number of halogens is 3. The van der Waals surface area contributed by atoms with Gasteiger partial charge in [-0.3, -0.25) is 4.79 Å². The minimum atomic E-state index is -4.51. The van der Waals surface area contributed by atoms with Gasteiger partial charge in [0.05, 0.1) is 11.3 Å². The smallest absolute Gasteiger partial charge is 0.321 e. The van der Waals surface area contributed by atoms with Crippen LogP contribution < -0.4 is 5.32 Å². The number of benzene rings is 2. The Bertz CT molecular complexity index is 697. The van der Waals surface area contributed by atoms with Crippen molar-refractivity contribution in [3.63, 3.8) is 0 Å². The van der Waals surface area contributed by atoms with Crippen LogP contribution in [0.4, 0.5) is 18.9 Å². The van der Waals surface area contributed by atoms with E-state index in [9.17, 15) is 18.0 Å². The molecule has 0 atom stereocenters. The van der Waals surface area contributed by atoms with Gasteiger partial charge in [0.15, 0.2) is 0 Å². The lowest BCUT2D eigenvalue weighted by Crippen LogP contribution is -2.17. The van der Waals surface area contributed by atoms with Gasteiger partial charge in [-0.25, -0.2) is 0 Å². The van der Waals surface area contributed by atoms with Crippen molar-refractivity contribution in [2.24, 2.45) is 0 Å². The molecule has 0 aliphatic carbocycles. The summed E-state index contributed by atoms with van der Waals surface area (Å²) in [7, 11) is 0. The lowest BCUT2D eigenvalue weighted by molar-refractivity contribution is -0.136. The van der Waals surface area contributed by atoms with Gasteiger partial charge in [-0.2, -0.15) is 13.2 Å². The average molecular weight is 321 g/mol. The zero-order valence-electron chi connectivity index (χ0n) is 13.2. The molecular formula is C18H18F3NO. The Kier molecular flexibility index (Phi) is 4.50. The van der Waals surface area contributed by atoms with Crippen LogP contribution in [0.25, 0.3) is 0 Å². The molecule has 2 rings (SSSR count). The van der Waals surface area contributed by atoms with Gasteiger partial charge in [-0.15, -0.1) is 0 Å². The van der Waals surface area contributed by atoms with Gasteiger partial charge >= 0.3 is 6.18 Å². The summed E-state index contributed by atoms with van der Waals surface area (Å²) < 4.78 is 38.8. The highest BCUT2D eigenvalue weighted by molar-refractivity contribution is 6.04. The molecule has 0 aliphatic heterocycles. The summed E-state index contributed by atoms with van der Waals surface area (Å²) in [6.07, 6.45) is -4.51. The Morgan fingerprint density at radius 3 is 2.00 bits per heavy atom. The molecule has 2 nitrogen and oxygen atoms in total. The fraction of sp³-hybridized carbons (Fsp3) is 0.278. The van der Waals surface area contributed by atoms with Gasteiger partial charge in [0.1, 0.15) is 0 Å². The zero-order valence-corrected chi connectivity index (χ0v) is 13.2. The number of hydrogen-bond donors (Lipinski definition) is 1. The predicted octanol–water partition coefficient (Wildman–Crippen LogP) is 5.26. The molecule has 0 spiro atoms. The molecule has 0 unspecified atom stereocenters. The summed E-state index contributed by atoms with van der Waals surface area (Å²) in [5.41, 5.74) is 0.196. The second kappa shape index (κ2) is 6.07. The maximum absolute atomic E-state index is 12.9. The summed E-state index contributed by atoms with van der Waals surface area (Å²) in [4.78, 5) is 12.2. The van der Waals surface area contributed by atoms with E-state index in [-0.39, 0.29) is 11.1 Å². The van der Waals surface area contributed by atoms with E-state index in [1.807, 2.05) is 32.9 Å². The maximum atomic E-state index is 12.9. The van der Waals surface area contributed by atoms with Crippen molar-refractivity contribution in [1.82, 2.24) is 0 Å². The molecule has 2 aromatic rings. The SMILES string of the molecule is CC(C)(C)c1ccc(C(=O)Nc2ccccc2C(F)(F)F)cc1. The number of hydrogen-bond acceptors (Lipinski definition) is 1. The minimum Gasteiger partial charge on any atom is -0.321 e. The van der Waals surface area contributed by atoms with Crippen LogP contribution in [0.2, 0.25) is 0 Å². The summed E-state index contributed by atoms with van der Waals surface area (Å²) >= 11 is 0. The van der Waals surface area contributed by atoms with Gasteiger partial charge in [-0.1, -0.05) is 45.0 Å². The number of carbonyl (C=O) groups is 1. The largest absolute Gasteiger partial charge is 0.418 e. The van der Waals surface area contributed by atoms with Crippen LogP contribution in [0.3, 0.4) is 0 Å². The third-order valence-electron chi connectivity index (χ3n) is 3.49. The quantitative estimate of drug-likeness (QED) is 0.803. The Morgan fingerprint density at radius 1 is 0.913 bits per heavy atom. The van der Waals surface area contributed by atoms with E-state index >= 15 is 0 Å². The van der Waals surface area contributed by atoms with Crippen LogP contribution >= 0.6 is 0 Å². The van der Waals surface area contributed by atoms with E-state index in [4.69, 9.17) is 0 Å². The minimum absolute atomic E-state index is 0.0576. The lowest BCUT2D eigenvalue weighted by Gasteiger charge is -2.19. The van der Waals surface area contributed by atoms with Crippen molar-refractivity contribution in [3.05, 3.63) is 65.2 Å². The number of amides is 1. The molecule has 1 amide bonds. The van der Waals surface area contributed by atoms with Gasteiger partial charge in [-0.05, 0) is 35.2 Å². The Hall–Kier alpha value is -2.30. The van der Waals surface area contributed by atoms with Crippen molar-refractivity contribution in [3.8, 4) is 0 Å². The Morgan fingerprint density at radius 2 is 1.48 bits per heavy atom. The molecule has 2 aromatic carbocycles. The second-order valence-corrected chi connectivity index (χ2v) is 6.32. The number of rotatable bonds is 2. The summed E-state index contributed by atoms with van der Waals surface area (Å²) in [6, 6.07) is 11.8. The molecule has 0 saturated heterocycles. The van der Waals surface area contributed by atoms with Crippen LogP contribution in [0, 0.1) is 0 Å². The van der Waals surface area contributed by atoms with Gasteiger partial charge in [0, 0.05) is 5.56 Å². The third kappa shape index (κ3) is 4.12. The van der Waals surface area contributed by atoms with E-state index in [1.54, 1.807) is 12.1 Å². The number of nitrogens with one attached hydrogen (secondary N) is 1. The molecule has 0 radical (unpaired) electrons. The van der Waals surface area contributed by atoms with E-state index < -0.39 is 17.6 Å². The summed E-state index contributed by atoms with van der Waals surface area (Å²) in [5, 5.41) is 2.33. The first-order chi connectivity index (χ1) is 10.6. The molecule has 0 aromatic heterocycles. The van der Waals surface area contributed by atoms with Crippen LogP contribution in [0.15, 0.2) is 48.5 Å². The molecule has 0 bridgehead atoms. The van der Waals surface area contributed by atoms with Crippen LogP contribution in [-0.4, -0.2) is 5.91 Å². The molecule has 1 N–H and O–H groups in total. The Balaban J connectivity index is 2.24. The molecular weight excluding hydrogens is 303 g/mol. The van der Waals surface area contributed by atoms with Gasteiger partial charge < -0.3 is 5.32 Å². The highest BCUT2D eigenvalue weighted by Gasteiger charge is 2.33. The first-order valence-corrected chi connectivity index (χ1v) is 7.17. The molecule has 0 aliphatic rings. The van der Waals surface area contributed by atoms with Gasteiger partial charge in [0.2, 0.25) is 0 Å². The normalized spacial score (nSPS) is 12.1.